The van der Waals surface area contributed by atoms with E-state index in [1.165, 1.54) is 10.6 Å². The SMILES string of the molecule is O=Cc1ccc(N2CCN(Cc3ccccc3)CC2)s1. The van der Waals surface area contributed by atoms with Crippen LogP contribution in [0.15, 0.2) is 42.5 Å². The Bertz CT molecular complexity index is 559. The van der Waals surface area contributed by atoms with E-state index in [4.69, 9.17) is 0 Å². The molecule has 4 heteroatoms. The first-order valence-corrected chi connectivity index (χ1v) is 7.73. The molecule has 0 radical (unpaired) electrons. The van der Waals surface area contributed by atoms with Crippen LogP contribution >= 0.6 is 11.3 Å². The van der Waals surface area contributed by atoms with Gasteiger partial charge in [-0.2, -0.15) is 0 Å². The third kappa shape index (κ3) is 3.08. The fourth-order valence-electron chi connectivity index (χ4n) is 2.54. The van der Waals surface area contributed by atoms with E-state index in [1.54, 1.807) is 11.3 Å². The van der Waals surface area contributed by atoms with Gasteiger partial charge in [0, 0.05) is 32.7 Å². The Morgan fingerprint density at radius 3 is 2.40 bits per heavy atom. The van der Waals surface area contributed by atoms with Gasteiger partial charge in [0.05, 0.1) is 9.88 Å². The smallest absolute Gasteiger partial charge is 0.160 e. The largest absolute Gasteiger partial charge is 0.361 e. The molecule has 2 heterocycles. The number of rotatable bonds is 4. The van der Waals surface area contributed by atoms with E-state index in [2.05, 4.69) is 46.2 Å². The molecule has 3 rings (SSSR count). The summed E-state index contributed by atoms with van der Waals surface area (Å²) in [6.45, 7) is 5.24. The molecular formula is C16H18N2OS. The lowest BCUT2D eigenvalue weighted by Crippen LogP contribution is -2.45. The Kier molecular flexibility index (Phi) is 4.14. The van der Waals surface area contributed by atoms with E-state index in [0.29, 0.717) is 0 Å². The lowest BCUT2D eigenvalue weighted by Gasteiger charge is -2.35. The molecule has 0 amide bonds. The Labute approximate surface area is 123 Å². The number of nitrogens with zero attached hydrogens (tertiary/aromatic N) is 2. The highest BCUT2D eigenvalue weighted by Crippen LogP contribution is 2.26. The van der Waals surface area contributed by atoms with Crippen molar-refractivity contribution >= 4 is 22.6 Å². The van der Waals surface area contributed by atoms with Crippen molar-refractivity contribution in [2.45, 2.75) is 6.54 Å². The molecule has 1 fully saturated rings. The van der Waals surface area contributed by atoms with Crippen LogP contribution in [-0.2, 0) is 6.54 Å². The van der Waals surface area contributed by atoms with Gasteiger partial charge in [0.2, 0.25) is 0 Å². The summed E-state index contributed by atoms with van der Waals surface area (Å²) < 4.78 is 0. The predicted molar refractivity (Wildman–Crippen MR) is 83.6 cm³/mol. The van der Waals surface area contributed by atoms with Crippen molar-refractivity contribution in [3.05, 3.63) is 52.9 Å². The molecule has 1 aromatic heterocycles. The average molecular weight is 286 g/mol. The van der Waals surface area contributed by atoms with Crippen molar-refractivity contribution in [1.29, 1.82) is 0 Å². The molecule has 0 saturated carbocycles. The van der Waals surface area contributed by atoms with Crippen molar-refractivity contribution in [2.24, 2.45) is 0 Å². The van der Waals surface area contributed by atoms with Crippen LogP contribution in [0.25, 0.3) is 0 Å². The Morgan fingerprint density at radius 1 is 1.00 bits per heavy atom. The number of carbonyl (C=O) groups is 1. The van der Waals surface area contributed by atoms with Gasteiger partial charge in [0.15, 0.2) is 6.29 Å². The summed E-state index contributed by atoms with van der Waals surface area (Å²) in [5, 5.41) is 1.21. The monoisotopic (exact) mass is 286 g/mol. The molecule has 1 aliphatic rings. The van der Waals surface area contributed by atoms with E-state index in [9.17, 15) is 4.79 Å². The van der Waals surface area contributed by atoms with Gasteiger partial charge >= 0.3 is 0 Å². The van der Waals surface area contributed by atoms with E-state index in [-0.39, 0.29) is 0 Å². The number of benzene rings is 1. The summed E-state index contributed by atoms with van der Waals surface area (Å²) in [4.78, 5) is 16.4. The van der Waals surface area contributed by atoms with Crippen molar-refractivity contribution in [2.75, 3.05) is 31.1 Å². The Balaban J connectivity index is 1.55. The molecule has 1 saturated heterocycles. The fraction of sp³-hybridized carbons (Fsp3) is 0.312. The van der Waals surface area contributed by atoms with Crippen molar-refractivity contribution in [3.8, 4) is 0 Å². The number of thiophene rings is 1. The molecule has 0 unspecified atom stereocenters. The lowest BCUT2D eigenvalue weighted by molar-refractivity contribution is 0.112. The summed E-state index contributed by atoms with van der Waals surface area (Å²) in [5.74, 6) is 0. The van der Waals surface area contributed by atoms with Crippen LogP contribution in [0, 0.1) is 0 Å². The van der Waals surface area contributed by atoms with Crippen LogP contribution in [-0.4, -0.2) is 37.4 Å². The third-order valence-corrected chi connectivity index (χ3v) is 4.73. The average Bonchev–Trinajstić information content (AvgIpc) is 2.98. The fourth-order valence-corrected chi connectivity index (χ4v) is 3.42. The van der Waals surface area contributed by atoms with Crippen LogP contribution in [0.1, 0.15) is 15.2 Å². The van der Waals surface area contributed by atoms with Crippen molar-refractivity contribution in [3.63, 3.8) is 0 Å². The summed E-state index contributed by atoms with van der Waals surface area (Å²) in [6.07, 6.45) is 0.930. The minimum Gasteiger partial charge on any atom is -0.361 e. The lowest BCUT2D eigenvalue weighted by atomic mass is 10.2. The van der Waals surface area contributed by atoms with Gasteiger partial charge in [-0.1, -0.05) is 30.3 Å². The zero-order valence-corrected chi connectivity index (χ0v) is 12.2. The van der Waals surface area contributed by atoms with Crippen LogP contribution in [0.3, 0.4) is 0 Å². The molecule has 0 bridgehead atoms. The van der Waals surface area contributed by atoms with E-state index in [0.717, 1.165) is 43.9 Å². The van der Waals surface area contributed by atoms with Gasteiger partial charge < -0.3 is 4.90 Å². The molecule has 0 N–H and O–H groups in total. The number of aldehydes is 1. The van der Waals surface area contributed by atoms with Gasteiger partial charge in [0.1, 0.15) is 0 Å². The molecule has 0 spiro atoms. The highest BCUT2D eigenvalue weighted by Gasteiger charge is 2.18. The maximum atomic E-state index is 10.7. The standard InChI is InChI=1S/C16H18N2OS/c19-13-15-6-7-16(20-15)18-10-8-17(9-11-18)12-14-4-2-1-3-5-14/h1-7,13H,8-12H2. The van der Waals surface area contributed by atoms with Gasteiger partial charge in [-0.3, -0.25) is 9.69 Å². The summed E-state index contributed by atoms with van der Waals surface area (Å²) in [6, 6.07) is 14.6. The zero-order valence-electron chi connectivity index (χ0n) is 11.4. The highest BCUT2D eigenvalue weighted by atomic mass is 32.1. The maximum absolute atomic E-state index is 10.7. The topological polar surface area (TPSA) is 23.6 Å². The molecule has 1 aliphatic heterocycles. The maximum Gasteiger partial charge on any atom is 0.160 e. The second kappa shape index (κ2) is 6.20. The molecule has 3 nitrogen and oxygen atoms in total. The summed E-state index contributed by atoms with van der Waals surface area (Å²) >= 11 is 1.58. The Morgan fingerprint density at radius 2 is 1.75 bits per heavy atom. The van der Waals surface area contributed by atoms with Gasteiger partial charge in [0.25, 0.3) is 0 Å². The van der Waals surface area contributed by atoms with E-state index < -0.39 is 0 Å². The molecular weight excluding hydrogens is 268 g/mol. The number of hydrogen-bond donors (Lipinski definition) is 0. The first kappa shape index (κ1) is 13.3. The van der Waals surface area contributed by atoms with Crippen LogP contribution in [0.4, 0.5) is 5.00 Å². The van der Waals surface area contributed by atoms with Crippen LogP contribution < -0.4 is 4.90 Å². The highest BCUT2D eigenvalue weighted by molar-refractivity contribution is 7.17. The van der Waals surface area contributed by atoms with E-state index in [1.807, 2.05) is 6.07 Å². The minimum absolute atomic E-state index is 0.812. The number of anilines is 1. The van der Waals surface area contributed by atoms with Crippen molar-refractivity contribution in [1.82, 2.24) is 4.90 Å². The zero-order chi connectivity index (χ0) is 13.8. The summed E-state index contributed by atoms with van der Waals surface area (Å²) in [7, 11) is 0. The molecule has 104 valence electrons. The first-order chi connectivity index (χ1) is 9.85. The molecule has 1 aromatic carbocycles. The minimum atomic E-state index is 0.812. The Hall–Kier alpha value is -1.65. The number of piperazine rings is 1. The second-order valence-corrected chi connectivity index (χ2v) is 6.14. The normalized spacial score (nSPS) is 16.3. The van der Waals surface area contributed by atoms with Crippen LogP contribution in [0.5, 0.6) is 0 Å². The molecule has 0 atom stereocenters. The molecule has 2 aromatic rings. The predicted octanol–water partition coefficient (Wildman–Crippen LogP) is 2.88. The van der Waals surface area contributed by atoms with Crippen LogP contribution in [0.2, 0.25) is 0 Å². The molecule has 20 heavy (non-hydrogen) atoms. The number of carbonyl (C=O) groups excluding carboxylic acids is 1. The van der Waals surface area contributed by atoms with Gasteiger partial charge in [-0.15, -0.1) is 11.3 Å². The first-order valence-electron chi connectivity index (χ1n) is 6.91. The number of hydrogen-bond acceptors (Lipinski definition) is 4. The van der Waals surface area contributed by atoms with Crippen molar-refractivity contribution < 1.29 is 4.79 Å². The second-order valence-electron chi connectivity index (χ2n) is 5.04. The molecule has 0 aliphatic carbocycles. The van der Waals surface area contributed by atoms with Gasteiger partial charge in [-0.25, -0.2) is 0 Å². The third-order valence-electron chi connectivity index (χ3n) is 3.66. The summed E-state index contributed by atoms with van der Waals surface area (Å²) in [5.41, 5.74) is 1.38. The van der Waals surface area contributed by atoms with E-state index >= 15 is 0 Å². The quantitative estimate of drug-likeness (QED) is 0.808. The van der Waals surface area contributed by atoms with Gasteiger partial charge in [-0.05, 0) is 17.7 Å².